The number of carbonyl (C=O) groups excluding carboxylic acids is 1. The van der Waals surface area contributed by atoms with Gasteiger partial charge in [0.05, 0.1) is 18.8 Å². The highest BCUT2D eigenvalue weighted by Gasteiger charge is 2.40. The van der Waals surface area contributed by atoms with E-state index in [-0.39, 0.29) is 23.8 Å². The van der Waals surface area contributed by atoms with Gasteiger partial charge in [-0.25, -0.2) is 4.39 Å². The molecule has 1 saturated heterocycles. The van der Waals surface area contributed by atoms with Crippen LogP contribution in [0, 0.1) is 11.7 Å². The van der Waals surface area contributed by atoms with Crippen LogP contribution in [0.5, 0.6) is 5.75 Å². The van der Waals surface area contributed by atoms with Crippen molar-refractivity contribution in [1.82, 2.24) is 4.90 Å². The summed E-state index contributed by atoms with van der Waals surface area (Å²) in [5.41, 5.74) is 10.0. The Bertz CT molecular complexity index is 1050. The number of ketones is 1. The number of carbonyl (C=O) groups is 1. The van der Waals surface area contributed by atoms with Crippen LogP contribution >= 0.6 is 0 Å². The number of nitrogens with one attached hydrogen (secondary N) is 1. The van der Waals surface area contributed by atoms with Gasteiger partial charge in [0.1, 0.15) is 11.6 Å². The fraction of sp³-hybridized carbons (Fsp3) is 0.536. The van der Waals surface area contributed by atoms with Gasteiger partial charge in [-0.3, -0.25) is 9.69 Å². The molecule has 0 bridgehead atoms. The van der Waals surface area contributed by atoms with E-state index < -0.39 is 0 Å². The van der Waals surface area contributed by atoms with Crippen molar-refractivity contribution < 1.29 is 13.9 Å². The molecular formula is C28H37FN4O2. The zero-order valence-corrected chi connectivity index (χ0v) is 20.6. The van der Waals surface area contributed by atoms with Gasteiger partial charge in [-0.2, -0.15) is 0 Å². The van der Waals surface area contributed by atoms with Gasteiger partial charge in [0.2, 0.25) is 0 Å². The van der Waals surface area contributed by atoms with Gasteiger partial charge in [-0.05, 0) is 61.6 Å². The van der Waals surface area contributed by atoms with Crippen molar-refractivity contribution in [2.24, 2.45) is 5.92 Å². The second-order valence-electron chi connectivity index (χ2n) is 10.2. The summed E-state index contributed by atoms with van der Waals surface area (Å²) < 4.78 is 19.2. The molecule has 1 saturated carbocycles. The molecule has 2 unspecified atom stereocenters. The molecule has 0 spiro atoms. The molecule has 3 aliphatic rings. The number of ether oxygens (including phenoxy) is 1. The van der Waals surface area contributed by atoms with Gasteiger partial charge in [0.25, 0.3) is 0 Å². The van der Waals surface area contributed by atoms with E-state index in [1.54, 1.807) is 13.2 Å². The van der Waals surface area contributed by atoms with Crippen LogP contribution in [0.3, 0.4) is 0 Å². The second-order valence-corrected chi connectivity index (χ2v) is 10.2. The number of piperazine rings is 1. The third-order valence-corrected chi connectivity index (χ3v) is 8.07. The molecule has 2 fully saturated rings. The van der Waals surface area contributed by atoms with Crippen LogP contribution in [0.4, 0.5) is 21.5 Å². The van der Waals surface area contributed by atoms with Gasteiger partial charge < -0.3 is 20.7 Å². The van der Waals surface area contributed by atoms with E-state index in [2.05, 4.69) is 21.2 Å². The summed E-state index contributed by atoms with van der Waals surface area (Å²) >= 11 is 0. The van der Waals surface area contributed by atoms with Crippen molar-refractivity contribution in [2.45, 2.75) is 57.0 Å². The molecular weight excluding hydrogens is 443 g/mol. The Morgan fingerprint density at radius 2 is 1.83 bits per heavy atom. The monoisotopic (exact) mass is 480 g/mol. The van der Waals surface area contributed by atoms with Crippen LogP contribution in [-0.2, 0) is 11.2 Å². The van der Waals surface area contributed by atoms with E-state index in [0.29, 0.717) is 11.5 Å². The Labute approximate surface area is 207 Å². The number of halogens is 1. The number of nitrogen functional groups attached to an aromatic ring is 1. The molecule has 2 atom stereocenters. The molecule has 35 heavy (non-hydrogen) atoms. The first-order chi connectivity index (χ1) is 17.0. The number of Topliss-reactive ketones (excluding diaryl/α,β-unsaturated/α-hetero) is 1. The molecule has 0 amide bonds. The van der Waals surface area contributed by atoms with Crippen LogP contribution in [0.1, 0.15) is 44.1 Å². The lowest BCUT2D eigenvalue weighted by atomic mass is 9.80. The van der Waals surface area contributed by atoms with Crippen LogP contribution < -0.4 is 20.7 Å². The molecule has 1 aliphatic carbocycles. The van der Waals surface area contributed by atoms with Crippen LogP contribution in [0.2, 0.25) is 0 Å². The number of aryl methyl sites for hydroxylation is 1. The Morgan fingerprint density at radius 3 is 2.57 bits per heavy atom. The minimum Gasteiger partial charge on any atom is -0.494 e. The Kier molecular flexibility index (Phi) is 7.14. The number of hydrogen-bond donors (Lipinski definition) is 2. The Hall–Kier alpha value is -2.80. The predicted octanol–water partition coefficient (Wildman–Crippen LogP) is 4.48. The van der Waals surface area contributed by atoms with Crippen molar-refractivity contribution in [3.05, 3.63) is 47.8 Å². The van der Waals surface area contributed by atoms with Gasteiger partial charge in [-0.1, -0.05) is 19.3 Å². The summed E-state index contributed by atoms with van der Waals surface area (Å²) in [7, 11) is 1.58. The number of rotatable bonds is 6. The number of fused-ring (bicyclic) bond motifs is 1. The van der Waals surface area contributed by atoms with Gasteiger partial charge >= 0.3 is 0 Å². The molecule has 188 valence electrons. The average molecular weight is 481 g/mol. The second kappa shape index (κ2) is 10.4. The van der Waals surface area contributed by atoms with Crippen molar-refractivity contribution in [3.63, 3.8) is 0 Å². The highest BCUT2D eigenvalue weighted by atomic mass is 19.1. The van der Waals surface area contributed by atoms with Crippen molar-refractivity contribution in [2.75, 3.05) is 49.2 Å². The summed E-state index contributed by atoms with van der Waals surface area (Å²) in [6.45, 7) is 3.12. The van der Waals surface area contributed by atoms with Crippen molar-refractivity contribution in [1.29, 1.82) is 0 Å². The fourth-order valence-electron chi connectivity index (χ4n) is 6.20. The first-order valence-corrected chi connectivity index (χ1v) is 13.0. The van der Waals surface area contributed by atoms with Crippen LogP contribution in [0.25, 0.3) is 0 Å². The standard InChI is InChI=1S/C28H37FN4O2/c1-35-26-18-21(29)8-12-25(26)32-13-15-33(16-14-32)27(28(34)19-5-3-2-4-6-19)24-10-7-20-17-22(30)9-11-23(20)31-24/h8-9,11-12,17-19,24,27,31H,2-7,10,13-16,30H2,1H3. The van der Waals surface area contributed by atoms with E-state index >= 15 is 0 Å². The number of benzene rings is 2. The molecule has 2 aromatic rings. The van der Waals surface area contributed by atoms with Crippen molar-refractivity contribution in [3.8, 4) is 5.75 Å². The number of nitrogens with zero attached hydrogens (tertiary/aromatic N) is 2. The SMILES string of the molecule is COc1cc(F)ccc1N1CCN(C(C(=O)C2CCCCC2)C2CCc3cc(N)ccc3N2)CC1. The summed E-state index contributed by atoms with van der Waals surface area (Å²) in [6, 6.07) is 10.7. The number of hydrogen-bond acceptors (Lipinski definition) is 6. The molecule has 0 radical (unpaired) electrons. The summed E-state index contributed by atoms with van der Waals surface area (Å²) in [5, 5.41) is 3.72. The highest BCUT2D eigenvalue weighted by molar-refractivity contribution is 5.88. The van der Waals surface area contributed by atoms with E-state index in [9.17, 15) is 9.18 Å². The number of nitrogens with two attached hydrogens (primary N) is 1. The largest absolute Gasteiger partial charge is 0.494 e. The Balaban J connectivity index is 1.35. The average Bonchev–Trinajstić information content (AvgIpc) is 2.89. The lowest BCUT2D eigenvalue weighted by Gasteiger charge is -2.45. The zero-order chi connectivity index (χ0) is 24.4. The normalized spacial score (nSPS) is 22.2. The van der Waals surface area contributed by atoms with E-state index in [1.165, 1.54) is 24.1 Å². The predicted molar refractivity (Wildman–Crippen MR) is 139 cm³/mol. The summed E-state index contributed by atoms with van der Waals surface area (Å²) in [4.78, 5) is 18.6. The van der Waals surface area contributed by atoms with Crippen LogP contribution in [0.15, 0.2) is 36.4 Å². The van der Waals surface area contributed by atoms with Gasteiger partial charge in [-0.15, -0.1) is 0 Å². The molecule has 2 aromatic carbocycles. The van der Waals surface area contributed by atoms with Crippen LogP contribution in [-0.4, -0.2) is 56.1 Å². The van der Waals surface area contributed by atoms with E-state index in [1.807, 2.05) is 12.1 Å². The highest BCUT2D eigenvalue weighted by Crippen LogP contribution is 2.34. The van der Waals surface area contributed by atoms with E-state index in [0.717, 1.165) is 81.8 Å². The third-order valence-electron chi connectivity index (χ3n) is 8.07. The molecule has 6 nitrogen and oxygen atoms in total. The van der Waals surface area contributed by atoms with Gasteiger partial charge in [0.15, 0.2) is 5.78 Å². The first-order valence-electron chi connectivity index (χ1n) is 13.0. The molecule has 3 N–H and O–H groups in total. The lowest BCUT2D eigenvalue weighted by Crippen LogP contribution is -2.60. The summed E-state index contributed by atoms with van der Waals surface area (Å²) in [6.07, 6.45) is 7.43. The lowest BCUT2D eigenvalue weighted by molar-refractivity contribution is -0.130. The fourth-order valence-corrected chi connectivity index (χ4v) is 6.20. The first kappa shape index (κ1) is 23.9. The maximum absolute atomic E-state index is 14.0. The van der Waals surface area contributed by atoms with E-state index in [4.69, 9.17) is 10.5 Å². The quantitative estimate of drug-likeness (QED) is 0.594. The maximum atomic E-state index is 14.0. The third kappa shape index (κ3) is 5.10. The minimum absolute atomic E-state index is 0.0902. The zero-order valence-electron chi connectivity index (χ0n) is 20.6. The molecule has 0 aromatic heterocycles. The minimum atomic E-state index is -0.298. The summed E-state index contributed by atoms with van der Waals surface area (Å²) in [5.74, 6) is 0.832. The molecule has 2 heterocycles. The molecule has 2 aliphatic heterocycles. The van der Waals surface area contributed by atoms with Gasteiger partial charge in [0, 0.05) is 55.6 Å². The maximum Gasteiger partial charge on any atom is 0.155 e. The molecule has 7 heteroatoms. The smallest absolute Gasteiger partial charge is 0.155 e. The number of anilines is 3. The number of methoxy groups -OCH3 is 1. The molecule has 5 rings (SSSR count). The van der Waals surface area contributed by atoms with Crippen molar-refractivity contribution >= 4 is 22.8 Å². The topological polar surface area (TPSA) is 70.8 Å². The Morgan fingerprint density at radius 1 is 1.06 bits per heavy atom.